The highest BCUT2D eigenvalue weighted by Crippen LogP contribution is 2.42. The Morgan fingerprint density at radius 1 is 1.31 bits per heavy atom. The Hall–Kier alpha value is -2.45. The van der Waals surface area contributed by atoms with Crippen LogP contribution >= 0.6 is 23.1 Å². The van der Waals surface area contributed by atoms with Gasteiger partial charge in [-0.15, -0.1) is 11.3 Å². The molecule has 0 N–H and O–H groups in total. The monoisotopic (exact) mass is 426 g/mol. The maximum absolute atomic E-state index is 13.1. The number of fused-ring (bicyclic) bond motifs is 3. The minimum atomic E-state index is -0.496. The van der Waals surface area contributed by atoms with Crippen molar-refractivity contribution in [3.63, 3.8) is 0 Å². The van der Waals surface area contributed by atoms with E-state index in [0.717, 1.165) is 28.3 Å². The number of carbonyl (C=O) groups is 1. The first kappa shape index (κ1) is 19.8. The van der Waals surface area contributed by atoms with Gasteiger partial charge >= 0.3 is 6.17 Å². The van der Waals surface area contributed by atoms with Crippen LogP contribution in [0, 0.1) is 6.92 Å². The largest absolute Gasteiger partial charge is 0.854 e. The molecular weight excluding hydrogens is 404 g/mol. The summed E-state index contributed by atoms with van der Waals surface area (Å²) in [4.78, 5) is 20.1. The maximum Gasteiger partial charge on any atom is 0.302 e. The average Bonchev–Trinajstić information content (AvgIpc) is 3.15. The Balaban J connectivity index is 2.02. The third-order valence-electron chi connectivity index (χ3n) is 4.86. The molecule has 150 valence electrons. The van der Waals surface area contributed by atoms with E-state index in [1.807, 2.05) is 49.6 Å². The summed E-state index contributed by atoms with van der Waals surface area (Å²) in [5, 5.41) is 20.3. The molecule has 0 saturated carbocycles. The van der Waals surface area contributed by atoms with Gasteiger partial charge in [-0.3, -0.25) is 4.79 Å². The van der Waals surface area contributed by atoms with Crippen molar-refractivity contribution >= 4 is 34.7 Å². The van der Waals surface area contributed by atoms with Crippen molar-refractivity contribution in [2.24, 2.45) is 0 Å². The minimum absolute atomic E-state index is 0.0118. The number of rotatable bonds is 5. The number of anilines is 1. The Morgan fingerprint density at radius 3 is 2.79 bits per heavy atom. The van der Waals surface area contributed by atoms with Gasteiger partial charge in [-0.2, -0.15) is 0 Å². The molecule has 0 bridgehead atoms. The Bertz CT molecular complexity index is 1070. The molecule has 8 heteroatoms. The standard InChI is InChI=1S/C21H22N4O2S2/c1-4-11-29-21-22-19(27)17-14-8-6-7-9-15(14)24(16(26)5-2)20(25(17)23-21)18-13(3)10-12-28-18/h6-10,12,20H,4-5,11H2,1-3H3. The number of thiophene rings is 1. The number of hydrogen-bond acceptors (Lipinski definition) is 6. The van der Waals surface area contributed by atoms with Crippen molar-refractivity contribution in [2.45, 2.75) is 44.9 Å². The van der Waals surface area contributed by atoms with Gasteiger partial charge in [0.05, 0.1) is 17.1 Å². The number of aryl methyl sites for hydroxylation is 1. The molecule has 3 aromatic rings. The predicted molar refractivity (Wildman–Crippen MR) is 113 cm³/mol. The first-order valence-electron chi connectivity index (χ1n) is 9.65. The topological polar surface area (TPSA) is 73.0 Å². The van der Waals surface area contributed by atoms with Crippen LogP contribution in [-0.4, -0.2) is 21.7 Å². The molecule has 0 fully saturated rings. The molecule has 3 heterocycles. The Kier molecular flexibility index (Phi) is 5.56. The van der Waals surface area contributed by atoms with Crippen LogP contribution in [0.1, 0.15) is 43.3 Å². The second kappa shape index (κ2) is 8.12. The summed E-state index contributed by atoms with van der Waals surface area (Å²) < 4.78 is 1.71. The summed E-state index contributed by atoms with van der Waals surface area (Å²) in [5.74, 6) is 0.506. The number of hydrogen-bond donors (Lipinski definition) is 0. The van der Waals surface area contributed by atoms with Gasteiger partial charge in [-0.05, 0) is 42.5 Å². The van der Waals surface area contributed by atoms with Crippen LogP contribution in [0.4, 0.5) is 5.69 Å². The fourth-order valence-corrected chi connectivity index (χ4v) is 5.20. The van der Waals surface area contributed by atoms with Gasteiger partial charge < -0.3 is 5.11 Å². The number of para-hydroxylation sites is 1. The van der Waals surface area contributed by atoms with Gasteiger partial charge in [0.1, 0.15) is 4.88 Å². The molecule has 1 amide bonds. The summed E-state index contributed by atoms with van der Waals surface area (Å²) in [6.07, 6.45) is 0.822. The second-order valence-electron chi connectivity index (χ2n) is 6.82. The molecule has 0 saturated heterocycles. The fraction of sp³-hybridized carbons (Fsp3) is 0.333. The summed E-state index contributed by atoms with van der Waals surface area (Å²) in [6, 6.07) is 9.54. The molecule has 2 aromatic heterocycles. The Morgan fingerprint density at radius 2 is 2.10 bits per heavy atom. The van der Waals surface area contributed by atoms with Crippen LogP contribution in [0.25, 0.3) is 11.3 Å². The fourth-order valence-electron chi connectivity index (χ4n) is 3.52. The van der Waals surface area contributed by atoms with Crippen LogP contribution in [0.5, 0.6) is 5.88 Å². The summed E-state index contributed by atoms with van der Waals surface area (Å²) in [6.45, 7) is 5.95. The van der Waals surface area contributed by atoms with Crippen molar-refractivity contribution in [1.29, 1.82) is 0 Å². The van der Waals surface area contributed by atoms with Crippen molar-refractivity contribution in [1.82, 2.24) is 10.1 Å². The number of nitrogens with zero attached hydrogens (tertiary/aromatic N) is 4. The minimum Gasteiger partial charge on any atom is -0.854 e. The number of carbonyl (C=O) groups excluding carboxylic acids is 1. The van der Waals surface area contributed by atoms with Crippen LogP contribution in [0.15, 0.2) is 40.9 Å². The lowest BCUT2D eigenvalue weighted by Crippen LogP contribution is -2.59. The van der Waals surface area contributed by atoms with Crippen molar-refractivity contribution in [3.05, 3.63) is 46.2 Å². The molecule has 0 radical (unpaired) electrons. The molecule has 0 spiro atoms. The Labute approximate surface area is 178 Å². The van der Waals surface area contributed by atoms with Crippen LogP contribution < -0.4 is 14.7 Å². The van der Waals surface area contributed by atoms with Crippen molar-refractivity contribution in [3.8, 4) is 17.1 Å². The van der Waals surface area contributed by atoms with Crippen molar-refractivity contribution in [2.75, 3.05) is 10.7 Å². The highest BCUT2D eigenvalue weighted by molar-refractivity contribution is 7.99. The van der Waals surface area contributed by atoms with Crippen LogP contribution in [-0.2, 0) is 4.79 Å². The molecule has 0 aliphatic carbocycles. The zero-order valence-electron chi connectivity index (χ0n) is 16.6. The lowest BCUT2D eigenvalue weighted by molar-refractivity contribution is -0.763. The first-order chi connectivity index (χ1) is 14.1. The van der Waals surface area contributed by atoms with Crippen molar-refractivity contribution < 1.29 is 14.6 Å². The van der Waals surface area contributed by atoms with E-state index in [1.165, 1.54) is 11.8 Å². The van der Waals surface area contributed by atoms with E-state index in [4.69, 9.17) is 5.10 Å². The van der Waals surface area contributed by atoms with Gasteiger partial charge in [0.2, 0.25) is 5.91 Å². The molecule has 1 aliphatic heterocycles. The third-order valence-corrected chi connectivity index (χ3v) is 6.96. The molecular formula is C21H22N4O2S2. The summed E-state index contributed by atoms with van der Waals surface area (Å²) in [5.41, 5.74) is 2.92. The van der Waals surface area contributed by atoms with Gasteiger partial charge in [0, 0.05) is 17.3 Å². The average molecular weight is 427 g/mol. The van der Waals surface area contributed by atoms with Gasteiger partial charge in [-0.1, -0.05) is 42.4 Å². The number of aromatic nitrogens is 3. The zero-order chi connectivity index (χ0) is 20.5. The van der Waals surface area contributed by atoms with E-state index in [2.05, 4.69) is 11.9 Å². The van der Waals surface area contributed by atoms with Crippen LogP contribution in [0.3, 0.4) is 0 Å². The molecule has 1 unspecified atom stereocenters. The van der Waals surface area contributed by atoms with E-state index >= 15 is 0 Å². The van der Waals surface area contributed by atoms with E-state index in [0.29, 0.717) is 22.8 Å². The quantitative estimate of drug-likeness (QED) is 0.460. The molecule has 29 heavy (non-hydrogen) atoms. The van der Waals surface area contributed by atoms with Gasteiger partial charge in [0.15, 0.2) is 0 Å². The summed E-state index contributed by atoms with van der Waals surface area (Å²) in [7, 11) is 0. The third kappa shape index (κ3) is 3.40. The van der Waals surface area contributed by atoms with E-state index < -0.39 is 6.17 Å². The van der Waals surface area contributed by atoms with Gasteiger partial charge in [0.25, 0.3) is 10.9 Å². The molecule has 1 aliphatic rings. The predicted octanol–water partition coefficient (Wildman–Crippen LogP) is 3.68. The molecule has 6 nitrogen and oxygen atoms in total. The first-order valence-corrected chi connectivity index (χ1v) is 11.5. The SMILES string of the molecule is CCCSc1nc([O-])c2[n+](n1)C(c1sccc1C)N(C(=O)CC)c1ccccc1-2. The summed E-state index contributed by atoms with van der Waals surface area (Å²) >= 11 is 3.04. The number of thioether (sulfide) groups is 1. The molecule has 4 rings (SSSR count). The van der Waals surface area contributed by atoms with Crippen LogP contribution in [0.2, 0.25) is 0 Å². The normalized spacial score (nSPS) is 15.1. The highest BCUT2D eigenvalue weighted by atomic mass is 32.2. The maximum atomic E-state index is 13.1. The van der Waals surface area contributed by atoms with Gasteiger partial charge in [-0.25, -0.2) is 9.88 Å². The second-order valence-corrected chi connectivity index (χ2v) is 8.83. The molecule has 1 atom stereocenters. The van der Waals surface area contributed by atoms with E-state index in [-0.39, 0.29) is 11.8 Å². The lowest BCUT2D eigenvalue weighted by atomic mass is 10.0. The highest BCUT2D eigenvalue weighted by Gasteiger charge is 2.45. The molecule has 1 aromatic carbocycles. The smallest absolute Gasteiger partial charge is 0.302 e. The van der Waals surface area contributed by atoms with E-state index in [1.54, 1.807) is 20.9 Å². The number of benzene rings is 1. The number of amides is 1. The lowest BCUT2D eigenvalue weighted by Gasteiger charge is -2.33. The van der Waals surface area contributed by atoms with E-state index in [9.17, 15) is 9.90 Å². The zero-order valence-corrected chi connectivity index (χ0v) is 18.2.